The van der Waals surface area contributed by atoms with Crippen LogP contribution in [0.25, 0.3) is 0 Å². The smallest absolute Gasteiger partial charge is 0.206 e. The van der Waals surface area contributed by atoms with Gasteiger partial charge in [-0.25, -0.2) is 0 Å². The van der Waals surface area contributed by atoms with E-state index < -0.39 is 0 Å². The second kappa shape index (κ2) is 4.48. The second-order valence-corrected chi connectivity index (χ2v) is 6.76. The van der Waals surface area contributed by atoms with Crippen LogP contribution in [0.15, 0.2) is 24.3 Å². The molecule has 20 heavy (non-hydrogen) atoms. The monoisotopic (exact) mass is 267 g/mol. The van der Waals surface area contributed by atoms with Crippen molar-refractivity contribution in [2.45, 2.75) is 58.2 Å². The summed E-state index contributed by atoms with van der Waals surface area (Å²) in [6.45, 7) is 8.76. The molecule has 2 heterocycles. The maximum Gasteiger partial charge on any atom is 0.206 e. The van der Waals surface area contributed by atoms with Gasteiger partial charge >= 0.3 is 0 Å². The van der Waals surface area contributed by atoms with Crippen LogP contribution in [0.4, 0.5) is 0 Å². The predicted octanol–water partition coefficient (Wildman–Crippen LogP) is 3.98. The summed E-state index contributed by atoms with van der Waals surface area (Å²) in [5, 5.41) is 0. The minimum absolute atomic E-state index is 0.0678. The van der Waals surface area contributed by atoms with E-state index in [-0.39, 0.29) is 16.7 Å². The number of hydrogen-bond donors (Lipinski definition) is 0. The number of fused-ring (bicyclic) bond motifs is 3. The Kier molecular flexibility index (Phi) is 3.11. The van der Waals surface area contributed by atoms with Crippen molar-refractivity contribution in [1.82, 2.24) is 0 Å². The average molecular weight is 267 g/mol. The Morgan fingerprint density at radius 2 is 1.85 bits per heavy atom. The summed E-state index contributed by atoms with van der Waals surface area (Å²) in [7, 11) is 2.04. The first-order chi connectivity index (χ1) is 9.57. The maximum absolute atomic E-state index is 12.3. The second-order valence-electron chi connectivity index (χ2n) is 6.76. The van der Waals surface area contributed by atoms with E-state index in [1.54, 1.807) is 0 Å². The normalized spacial score (nSPS) is 40.3. The summed E-state index contributed by atoms with van der Waals surface area (Å²) in [6.07, 6.45) is 3.43. The molecule has 4 aliphatic rings. The molecule has 0 spiro atoms. The molecule has 0 aromatic heterocycles. The van der Waals surface area contributed by atoms with E-state index in [1.165, 1.54) is 17.5 Å². The molecule has 1 saturated carbocycles. The van der Waals surface area contributed by atoms with Gasteiger partial charge in [-0.05, 0) is 29.4 Å². The first-order valence-corrected chi connectivity index (χ1v) is 8.04. The first-order valence-electron chi connectivity index (χ1n) is 8.04. The SMILES string of the molecule is CC.CC12Cc3ccccc3C1(C)C1CCC2[B]C1=O. The largest absolute Gasteiger partial charge is 0.312 e. The van der Waals surface area contributed by atoms with Gasteiger partial charge in [0.1, 0.15) is 0 Å². The molecule has 2 aliphatic carbocycles. The van der Waals surface area contributed by atoms with Gasteiger partial charge in [0.25, 0.3) is 0 Å². The van der Waals surface area contributed by atoms with Crippen LogP contribution < -0.4 is 0 Å². The van der Waals surface area contributed by atoms with Crippen molar-refractivity contribution < 1.29 is 4.79 Å². The topological polar surface area (TPSA) is 17.1 Å². The van der Waals surface area contributed by atoms with E-state index in [9.17, 15) is 4.79 Å². The van der Waals surface area contributed by atoms with Crippen LogP contribution in [0, 0.1) is 11.3 Å². The van der Waals surface area contributed by atoms with Crippen LogP contribution in [-0.4, -0.2) is 13.0 Å². The summed E-state index contributed by atoms with van der Waals surface area (Å²) in [6, 6.07) is 8.78. The molecule has 0 N–H and O–H groups in total. The molecule has 0 amide bonds. The lowest BCUT2D eigenvalue weighted by Gasteiger charge is -2.59. The molecule has 2 aliphatic heterocycles. The van der Waals surface area contributed by atoms with Crippen LogP contribution in [0.1, 0.15) is 51.7 Å². The Bertz CT molecular complexity index is 552. The zero-order valence-electron chi connectivity index (χ0n) is 13.1. The van der Waals surface area contributed by atoms with Crippen molar-refractivity contribution in [2.75, 3.05) is 0 Å². The summed E-state index contributed by atoms with van der Waals surface area (Å²) in [5.41, 5.74) is 3.65. The molecular weight excluding hydrogens is 243 g/mol. The predicted molar refractivity (Wildman–Crippen MR) is 84.2 cm³/mol. The highest BCUT2D eigenvalue weighted by Gasteiger charge is 2.65. The lowest BCUT2D eigenvalue weighted by molar-refractivity contribution is -0.124. The molecule has 1 aromatic rings. The quantitative estimate of drug-likeness (QED) is 0.650. The summed E-state index contributed by atoms with van der Waals surface area (Å²) < 4.78 is 0. The zero-order chi connectivity index (χ0) is 14.5. The fourth-order valence-corrected chi connectivity index (χ4v) is 5.13. The molecule has 1 nitrogen and oxygen atoms in total. The van der Waals surface area contributed by atoms with Crippen molar-refractivity contribution in [3.63, 3.8) is 0 Å². The lowest BCUT2D eigenvalue weighted by atomic mass is 9.31. The van der Waals surface area contributed by atoms with Crippen molar-refractivity contribution >= 4 is 13.0 Å². The molecule has 2 heteroatoms. The van der Waals surface area contributed by atoms with E-state index in [2.05, 4.69) is 38.1 Å². The molecule has 4 unspecified atom stereocenters. The Morgan fingerprint density at radius 1 is 1.15 bits per heavy atom. The molecular formula is C18H24BO. The van der Waals surface area contributed by atoms with Crippen LogP contribution >= 0.6 is 0 Å². The molecule has 2 bridgehead atoms. The fraction of sp³-hybridized carbons (Fsp3) is 0.611. The minimum atomic E-state index is 0.0678. The van der Waals surface area contributed by atoms with Gasteiger partial charge in [-0.1, -0.05) is 64.2 Å². The highest BCUT2D eigenvalue weighted by molar-refractivity contribution is 6.76. The summed E-state index contributed by atoms with van der Waals surface area (Å²) in [5.74, 6) is 0.698. The minimum Gasteiger partial charge on any atom is -0.312 e. The summed E-state index contributed by atoms with van der Waals surface area (Å²) in [4.78, 5) is 12.3. The number of carbonyl (C=O) groups is 1. The van der Waals surface area contributed by atoms with E-state index >= 15 is 0 Å². The maximum atomic E-state index is 12.3. The van der Waals surface area contributed by atoms with Crippen LogP contribution in [0.2, 0.25) is 5.82 Å². The van der Waals surface area contributed by atoms with Crippen LogP contribution in [0.5, 0.6) is 0 Å². The molecule has 105 valence electrons. The van der Waals surface area contributed by atoms with Crippen molar-refractivity contribution in [3.8, 4) is 0 Å². The van der Waals surface area contributed by atoms with E-state index in [4.69, 9.17) is 0 Å². The first kappa shape index (κ1) is 13.9. The van der Waals surface area contributed by atoms with Crippen LogP contribution in [0.3, 0.4) is 0 Å². The zero-order valence-corrected chi connectivity index (χ0v) is 13.1. The van der Waals surface area contributed by atoms with Gasteiger partial charge in [-0.3, -0.25) is 0 Å². The van der Waals surface area contributed by atoms with Crippen LogP contribution in [-0.2, 0) is 16.6 Å². The van der Waals surface area contributed by atoms with Gasteiger partial charge in [0.2, 0.25) is 7.28 Å². The molecule has 4 atom stereocenters. The average Bonchev–Trinajstić information content (AvgIpc) is 2.72. The van der Waals surface area contributed by atoms with E-state index in [0.29, 0.717) is 11.5 Å². The molecule has 1 radical (unpaired) electrons. The van der Waals surface area contributed by atoms with E-state index in [1.807, 2.05) is 21.1 Å². The number of carbonyl (C=O) groups excluding carboxylic acids is 1. The standard InChI is InChI=1S/C16H18BO.C2H6/c1-15-9-10-5-3-4-6-11(10)16(15,2)12-7-8-13(15)17-14(12)18;1-2/h3-6,12-13H,7-9H2,1-2H3;1-2H3. The van der Waals surface area contributed by atoms with Gasteiger partial charge in [-0.15, -0.1) is 0 Å². The Hall–Kier alpha value is -1.05. The molecule has 3 fully saturated rings. The van der Waals surface area contributed by atoms with Gasteiger partial charge in [0.05, 0.1) is 5.68 Å². The number of hydrogen-bond acceptors (Lipinski definition) is 1. The Balaban J connectivity index is 0.000000581. The van der Waals surface area contributed by atoms with Crippen molar-refractivity contribution in [3.05, 3.63) is 35.4 Å². The third kappa shape index (κ3) is 1.43. The van der Waals surface area contributed by atoms with Gasteiger partial charge < -0.3 is 4.79 Å². The number of benzene rings is 1. The highest BCUT2D eigenvalue weighted by atomic mass is 16.1. The fourth-order valence-electron chi connectivity index (χ4n) is 5.13. The van der Waals surface area contributed by atoms with Crippen molar-refractivity contribution in [2.24, 2.45) is 11.3 Å². The highest BCUT2D eigenvalue weighted by Crippen LogP contribution is 2.67. The Morgan fingerprint density at radius 3 is 2.55 bits per heavy atom. The third-order valence-corrected chi connectivity index (χ3v) is 6.31. The van der Waals surface area contributed by atoms with E-state index in [0.717, 1.165) is 12.8 Å². The van der Waals surface area contributed by atoms with Gasteiger partial charge in [0.15, 0.2) is 0 Å². The number of rotatable bonds is 0. The van der Waals surface area contributed by atoms with Crippen molar-refractivity contribution in [1.29, 1.82) is 0 Å². The van der Waals surface area contributed by atoms with Gasteiger partial charge in [-0.2, -0.15) is 0 Å². The third-order valence-electron chi connectivity index (χ3n) is 6.31. The van der Waals surface area contributed by atoms with Gasteiger partial charge in [0, 0.05) is 11.3 Å². The molecule has 2 saturated heterocycles. The molecule has 5 rings (SSSR count). The molecule has 1 aromatic carbocycles. The summed E-state index contributed by atoms with van der Waals surface area (Å²) >= 11 is 0. The lowest BCUT2D eigenvalue weighted by Crippen LogP contribution is -2.60. The Labute approximate surface area is 123 Å².